The van der Waals surface area contributed by atoms with Gasteiger partial charge >= 0.3 is 0 Å². The van der Waals surface area contributed by atoms with Crippen LogP contribution in [0.2, 0.25) is 0 Å². The van der Waals surface area contributed by atoms with Crippen LogP contribution in [-0.2, 0) is 6.54 Å². The Morgan fingerprint density at radius 3 is 2.58 bits per heavy atom. The average Bonchev–Trinajstić information content (AvgIpc) is 3.42. The first kappa shape index (κ1) is 21.7. The summed E-state index contributed by atoms with van der Waals surface area (Å²) >= 11 is 0. The van der Waals surface area contributed by atoms with Crippen LogP contribution in [0.3, 0.4) is 0 Å². The van der Waals surface area contributed by atoms with E-state index < -0.39 is 11.5 Å². The molecule has 0 radical (unpaired) electrons. The number of hydrogen-bond donors (Lipinski definition) is 1. The fourth-order valence-corrected chi connectivity index (χ4v) is 5.23. The van der Waals surface area contributed by atoms with Crippen molar-refractivity contribution in [3.8, 4) is 23.8 Å². The molecule has 4 rings (SSSR count). The van der Waals surface area contributed by atoms with Gasteiger partial charge < -0.3 is 14.6 Å². The minimum absolute atomic E-state index is 0.0964. The molecule has 3 unspecified atom stereocenters. The standard InChI is InChI=1S/C27H33NO3/c1-4-26(29)27(2)19-28(17-20-10-6-5-7-11-20)18-23(27)21-14-15-24(30-3)25(16-21)31-22-12-8-9-13-22/h1,5-7,10-11,14-16,22-23,26,29H,8-9,12-13,17-19H2,2-3H3. The quantitative estimate of drug-likeness (QED) is 0.665. The van der Waals surface area contributed by atoms with E-state index in [0.29, 0.717) is 0 Å². The molecule has 3 atom stereocenters. The van der Waals surface area contributed by atoms with Crippen LogP contribution in [0.1, 0.15) is 49.7 Å². The van der Waals surface area contributed by atoms with Crippen LogP contribution in [0, 0.1) is 17.8 Å². The van der Waals surface area contributed by atoms with Crippen molar-refractivity contribution in [1.29, 1.82) is 0 Å². The summed E-state index contributed by atoms with van der Waals surface area (Å²) in [6.45, 7) is 4.52. The predicted molar refractivity (Wildman–Crippen MR) is 123 cm³/mol. The van der Waals surface area contributed by atoms with Gasteiger partial charge in [0, 0.05) is 31.0 Å². The minimum Gasteiger partial charge on any atom is -0.493 e. The summed E-state index contributed by atoms with van der Waals surface area (Å²) < 4.78 is 11.9. The van der Waals surface area contributed by atoms with Crippen molar-refractivity contribution in [2.75, 3.05) is 20.2 Å². The number of ether oxygens (including phenoxy) is 2. The van der Waals surface area contributed by atoms with Crippen molar-refractivity contribution >= 4 is 0 Å². The Hall–Kier alpha value is -2.48. The van der Waals surface area contributed by atoms with Crippen molar-refractivity contribution in [2.45, 2.75) is 57.3 Å². The van der Waals surface area contributed by atoms with E-state index in [-0.39, 0.29) is 12.0 Å². The highest BCUT2D eigenvalue weighted by molar-refractivity contribution is 5.45. The Balaban J connectivity index is 1.62. The van der Waals surface area contributed by atoms with Gasteiger partial charge in [-0.3, -0.25) is 4.90 Å². The lowest BCUT2D eigenvalue weighted by Gasteiger charge is -2.33. The summed E-state index contributed by atoms with van der Waals surface area (Å²) in [6, 6.07) is 16.6. The molecule has 0 bridgehead atoms. The lowest BCUT2D eigenvalue weighted by atomic mass is 9.72. The van der Waals surface area contributed by atoms with Crippen molar-refractivity contribution in [3.05, 3.63) is 59.7 Å². The molecule has 1 saturated heterocycles. The predicted octanol–water partition coefficient (Wildman–Crippen LogP) is 4.62. The van der Waals surface area contributed by atoms with E-state index in [9.17, 15) is 5.11 Å². The Labute approximate surface area is 186 Å². The number of aliphatic hydroxyl groups is 1. The third-order valence-electron chi connectivity index (χ3n) is 7.02. The van der Waals surface area contributed by atoms with E-state index >= 15 is 0 Å². The zero-order valence-electron chi connectivity index (χ0n) is 18.6. The second-order valence-corrected chi connectivity index (χ2v) is 9.22. The topological polar surface area (TPSA) is 41.9 Å². The Bertz CT molecular complexity index is 916. The zero-order chi connectivity index (χ0) is 21.8. The van der Waals surface area contributed by atoms with Crippen LogP contribution in [0.4, 0.5) is 0 Å². The van der Waals surface area contributed by atoms with Crippen LogP contribution in [0.25, 0.3) is 0 Å². The van der Waals surface area contributed by atoms with Crippen molar-refractivity contribution in [3.63, 3.8) is 0 Å². The van der Waals surface area contributed by atoms with Gasteiger partial charge in [0.05, 0.1) is 13.2 Å². The molecule has 31 heavy (non-hydrogen) atoms. The highest BCUT2D eigenvalue weighted by Crippen LogP contribution is 2.47. The van der Waals surface area contributed by atoms with Crippen molar-refractivity contribution in [1.82, 2.24) is 4.90 Å². The highest BCUT2D eigenvalue weighted by Gasteiger charge is 2.48. The Morgan fingerprint density at radius 1 is 1.16 bits per heavy atom. The monoisotopic (exact) mass is 419 g/mol. The number of aliphatic hydroxyl groups excluding tert-OH is 1. The van der Waals surface area contributed by atoms with E-state index in [1.165, 1.54) is 18.4 Å². The molecule has 4 heteroatoms. The molecule has 2 aromatic carbocycles. The van der Waals surface area contributed by atoms with Gasteiger partial charge in [-0.2, -0.15) is 0 Å². The molecule has 2 fully saturated rings. The molecular weight excluding hydrogens is 386 g/mol. The number of nitrogens with zero attached hydrogens (tertiary/aromatic N) is 1. The van der Waals surface area contributed by atoms with Gasteiger partial charge in [0.25, 0.3) is 0 Å². The molecule has 4 nitrogen and oxygen atoms in total. The zero-order valence-corrected chi connectivity index (χ0v) is 18.6. The number of hydrogen-bond acceptors (Lipinski definition) is 4. The summed E-state index contributed by atoms with van der Waals surface area (Å²) in [4.78, 5) is 2.39. The molecule has 164 valence electrons. The maximum atomic E-state index is 10.8. The first-order valence-corrected chi connectivity index (χ1v) is 11.3. The van der Waals surface area contributed by atoms with Gasteiger partial charge in [-0.05, 0) is 48.9 Å². The maximum absolute atomic E-state index is 10.8. The van der Waals surface area contributed by atoms with Gasteiger partial charge in [0.2, 0.25) is 0 Å². The van der Waals surface area contributed by atoms with E-state index in [4.69, 9.17) is 15.9 Å². The second kappa shape index (κ2) is 9.34. The van der Waals surface area contributed by atoms with E-state index in [0.717, 1.165) is 49.5 Å². The van der Waals surface area contributed by atoms with Gasteiger partial charge in [-0.25, -0.2) is 0 Å². The maximum Gasteiger partial charge on any atom is 0.161 e. The molecule has 2 aliphatic rings. The Morgan fingerprint density at radius 2 is 1.90 bits per heavy atom. The van der Waals surface area contributed by atoms with Crippen LogP contribution < -0.4 is 9.47 Å². The third-order valence-corrected chi connectivity index (χ3v) is 7.02. The van der Waals surface area contributed by atoms with Crippen LogP contribution in [0.15, 0.2) is 48.5 Å². The lowest BCUT2D eigenvalue weighted by molar-refractivity contribution is 0.0773. The van der Waals surface area contributed by atoms with E-state index in [2.05, 4.69) is 54.1 Å². The average molecular weight is 420 g/mol. The van der Waals surface area contributed by atoms with Crippen molar-refractivity contribution in [2.24, 2.45) is 5.41 Å². The summed E-state index contributed by atoms with van der Waals surface area (Å²) in [7, 11) is 1.68. The third kappa shape index (κ3) is 4.59. The molecule has 1 N–H and O–H groups in total. The van der Waals surface area contributed by atoms with Gasteiger partial charge in [-0.15, -0.1) is 6.42 Å². The molecular formula is C27H33NO3. The number of benzene rings is 2. The van der Waals surface area contributed by atoms with Crippen LogP contribution >= 0.6 is 0 Å². The number of terminal acetylenes is 1. The first-order chi connectivity index (χ1) is 15.0. The molecule has 1 heterocycles. The van der Waals surface area contributed by atoms with Crippen LogP contribution in [-0.4, -0.2) is 42.4 Å². The van der Waals surface area contributed by atoms with Gasteiger partial charge in [0.15, 0.2) is 11.5 Å². The molecule has 0 spiro atoms. The first-order valence-electron chi connectivity index (χ1n) is 11.3. The Kier molecular flexibility index (Phi) is 6.55. The van der Waals surface area contributed by atoms with E-state index in [1.807, 2.05) is 12.1 Å². The highest BCUT2D eigenvalue weighted by atomic mass is 16.5. The van der Waals surface area contributed by atoms with Gasteiger partial charge in [-0.1, -0.05) is 49.2 Å². The number of methoxy groups -OCH3 is 1. The molecule has 0 aromatic heterocycles. The normalized spacial score (nSPS) is 25.3. The number of likely N-dealkylation sites (tertiary alicyclic amines) is 1. The van der Waals surface area contributed by atoms with E-state index in [1.54, 1.807) is 7.11 Å². The molecule has 0 amide bonds. The lowest BCUT2D eigenvalue weighted by Crippen LogP contribution is -2.38. The largest absolute Gasteiger partial charge is 0.493 e. The smallest absolute Gasteiger partial charge is 0.161 e. The fourth-order valence-electron chi connectivity index (χ4n) is 5.23. The van der Waals surface area contributed by atoms with Gasteiger partial charge in [0.1, 0.15) is 6.10 Å². The fraction of sp³-hybridized carbons (Fsp3) is 0.481. The summed E-state index contributed by atoms with van der Waals surface area (Å²) in [5.41, 5.74) is 1.96. The SMILES string of the molecule is C#CC(O)C1(C)CN(Cc2ccccc2)CC1c1ccc(OC)c(OC2CCCC2)c1. The minimum atomic E-state index is -0.820. The summed E-state index contributed by atoms with van der Waals surface area (Å²) in [5, 5.41) is 10.8. The van der Waals surface area contributed by atoms with Crippen LogP contribution in [0.5, 0.6) is 11.5 Å². The molecule has 1 aliphatic heterocycles. The number of rotatable bonds is 7. The molecule has 2 aromatic rings. The second-order valence-electron chi connectivity index (χ2n) is 9.22. The summed E-state index contributed by atoms with van der Waals surface area (Å²) in [5.74, 6) is 4.25. The molecule has 1 aliphatic carbocycles. The van der Waals surface area contributed by atoms with Crippen molar-refractivity contribution < 1.29 is 14.6 Å². The molecule has 1 saturated carbocycles. The summed E-state index contributed by atoms with van der Waals surface area (Å²) in [6.07, 6.45) is 9.75.